The van der Waals surface area contributed by atoms with E-state index in [1.807, 2.05) is 11.5 Å². The number of alkyl halides is 3. The van der Waals surface area contributed by atoms with Crippen molar-refractivity contribution in [2.24, 2.45) is 5.92 Å². The molecule has 1 aromatic rings. The van der Waals surface area contributed by atoms with E-state index >= 15 is 0 Å². The highest BCUT2D eigenvalue weighted by Crippen LogP contribution is 2.34. The lowest BCUT2D eigenvalue weighted by molar-refractivity contribution is -0.223. The Bertz CT molecular complexity index is 962. The number of anilines is 1. The molecular formula is C23H29F3N6O4. The van der Waals surface area contributed by atoms with Crippen LogP contribution in [0.25, 0.3) is 0 Å². The minimum Gasteiger partial charge on any atom is -0.375 e. The standard InChI is InChI=1S/C23H29F3N6O4/c24-23(25,26)21-18(14-29-30-22(21)34)36-17-3-1-2-16(17)35-11-6-20(33)32-9-7-31(8-10-32)19-5-4-15(12-27)13-28-19/h4-5,13,16-18,21,29H,1-3,6-11,14H2,(H,30,34)/t16-,17-,18?,21?/m0/s1. The highest BCUT2D eigenvalue weighted by atomic mass is 19.4. The van der Waals surface area contributed by atoms with Crippen molar-refractivity contribution in [3.8, 4) is 6.07 Å². The monoisotopic (exact) mass is 510 g/mol. The van der Waals surface area contributed by atoms with Gasteiger partial charge in [-0.05, 0) is 31.4 Å². The zero-order chi connectivity index (χ0) is 25.7. The number of rotatable bonds is 7. The number of ether oxygens (including phenoxy) is 2. The molecule has 4 rings (SSSR count). The number of halogens is 3. The number of nitrogens with one attached hydrogen (secondary N) is 2. The molecule has 196 valence electrons. The van der Waals surface area contributed by atoms with Crippen LogP contribution in [0.5, 0.6) is 0 Å². The summed E-state index contributed by atoms with van der Waals surface area (Å²) in [6.45, 7) is 2.30. The number of piperazine rings is 1. The lowest BCUT2D eigenvalue weighted by Crippen LogP contribution is -2.61. The third kappa shape index (κ3) is 6.24. The number of nitriles is 1. The van der Waals surface area contributed by atoms with Crippen molar-refractivity contribution in [1.29, 1.82) is 5.26 Å². The second-order valence-corrected chi connectivity index (χ2v) is 9.08. The van der Waals surface area contributed by atoms with Crippen molar-refractivity contribution in [1.82, 2.24) is 20.7 Å². The molecule has 0 spiro atoms. The molecule has 2 unspecified atom stereocenters. The van der Waals surface area contributed by atoms with Crippen LogP contribution in [0.2, 0.25) is 0 Å². The van der Waals surface area contributed by atoms with Gasteiger partial charge in [-0.1, -0.05) is 0 Å². The van der Waals surface area contributed by atoms with Crippen molar-refractivity contribution in [3.05, 3.63) is 23.9 Å². The lowest BCUT2D eigenvalue weighted by atomic mass is 9.99. The summed E-state index contributed by atoms with van der Waals surface area (Å²) < 4.78 is 51.7. The third-order valence-corrected chi connectivity index (χ3v) is 6.74. The summed E-state index contributed by atoms with van der Waals surface area (Å²) in [7, 11) is 0. The van der Waals surface area contributed by atoms with E-state index in [9.17, 15) is 22.8 Å². The van der Waals surface area contributed by atoms with Crippen molar-refractivity contribution >= 4 is 17.6 Å². The molecule has 2 saturated heterocycles. The molecule has 10 nitrogen and oxygen atoms in total. The molecule has 2 amide bonds. The number of hydrogen-bond donors (Lipinski definition) is 2. The van der Waals surface area contributed by atoms with Gasteiger partial charge in [0.25, 0.3) is 0 Å². The molecule has 2 N–H and O–H groups in total. The third-order valence-electron chi connectivity index (χ3n) is 6.74. The van der Waals surface area contributed by atoms with Gasteiger partial charge < -0.3 is 19.3 Å². The normalized spacial score (nSPS) is 27.0. The van der Waals surface area contributed by atoms with E-state index in [1.54, 1.807) is 17.0 Å². The number of carbonyl (C=O) groups excluding carboxylic acids is 2. The molecule has 1 aromatic heterocycles. The quantitative estimate of drug-likeness (QED) is 0.560. The Balaban J connectivity index is 1.21. The molecule has 1 aliphatic carbocycles. The Kier molecular flexibility index (Phi) is 8.28. The molecule has 3 heterocycles. The van der Waals surface area contributed by atoms with Crippen molar-refractivity contribution < 1.29 is 32.2 Å². The van der Waals surface area contributed by atoms with Crippen molar-refractivity contribution in [2.75, 3.05) is 44.2 Å². The summed E-state index contributed by atoms with van der Waals surface area (Å²) in [6, 6.07) is 5.53. The summed E-state index contributed by atoms with van der Waals surface area (Å²) >= 11 is 0. The molecule has 1 saturated carbocycles. The predicted octanol–water partition coefficient (Wildman–Crippen LogP) is 1.13. The van der Waals surface area contributed by atoms with Crippen LogP contribution in [0, 0.1) is 17.2 Å². The molecule has 13 heteroatoms. The molecule has 0 aromatic carbocycles. The molecule has 36 heavy (non-hydrogen) atoms. The Labute approximate surface area is 206 Å². The molecule has 2 aliphatic heterocycles. The molecular weight excluding hydrogens is 481 g/mol. The van der Waals surface area contributed by atoms with Crippen LogP contribution in [0.1, 0.15) is 31.2 Å². The first-order chi connectivity index (χ1) is 17.3. The van der Waals surface area contributed by atoms with E-state index in [0.717, 1.165) is 12.2 Å². The van der Waals surface area contributed by atoms with Gasteiger partial charge in [-0.25, -0.2) is 10.4 Å². The van der Waals surface area contributed by atoms with Gasteiger partial charge >= 0.3 is 6.18 Å². The summed E-state index contributed by atoms with van der Waals surface area (Å²) in [5.74, 6) is -2.69. The first-order valence-corrected chi connectivity index (χ1v) is 12.0. The zero-order valence-electron chi connectivity index (χ0n) is 19.7. The lowest BCUT2D eigenvalue weighted by Gasteiger charge is -2.36. The predicted molar refractivity (Wildman–Crippen MR) is 120 cm³/mol. The van der Waals surface area contributed by atoms with Crippen LogP contribution in [0.4, 0.5) is 19.0 Å². The SMILES string of the molecule is N#Cc1ccc(N2CCN(C(=O)CCO[C@H]3CCC[C@@H]3OC3CNNC(=O)C3C(F)(F)F)CC2)nc1. The van der Waals surface area contributed by atoms with Crippen LogP contribution in [0.3, 0.4) is 0 Å². The van der Waals surface area contributed by atoms with Crippen LogP contribution in [-0.4, -0.2) is 85.5 Å². The first kappa shape index (κ1) is 26.1. The smallest absolute Gasteiger partial charge is 0.375 e. The van der Waals surface area contributed by atoms with E-state index in [1.165, 1.54) is 6.20 Å². The second-order valence-electron chi connectivity index (χ2n) is 9.08. The van der Waals surface area contributed by atoms with E-state index in [4.69, 9.17) is 14.7 Å². The average Bonchev–Trinajstić information content (AvgIpc) is 3.30. The van der Waals surface area contributed by atoms with Gasteiger partial charge in [-0.2, -0.15) is 18.4 Å². The van der Waals surface area contributed by atoms with Crippen LogP contribution in [-0.2, 0) is 19.1 Å². The van der Waals surface area contributed by atoms with E-state index < -0.39 is 36.3 Å². The van der Waals surface area contributed by atoms with Crippen LogP contribution >= 0.6 is 0 Å². The maximum Gasteiger partial charge on any atom is 0.403 e. The largest absolute Gasteiger partial charge is 0.403 e. The fourth-order valence-electron chi connectivity index (χ4n) is 4.83. The fraction of sp³-hybridized carbons (Fsp3) is 0.652. The fourth-order valence-corrected chi connectivity index (χ4v) is 4.83. The molecule has 4 atom stereocenters. The van der Waals surface area contributed by atoms with Gasteiger partial charge in [-0.15, -0.1) is 0 Å². The Morgan fingerprint density at radius 1 is 1.17 bits per heavy atom. The minimum atomic E-state index is -4.71. The van der Waals surface area contributed by atoms with E-state index in [-0.39, 0.29) is 25.5 Å². The van der Waals surface area contributed by atoms with Crippen LogP contribution < -0.4 is 15.8 Å². The number of hydrazine groups is 1. The highest BCUT2D eigenvalue weighted by molar-refractivity contribution is 5.80. The average molecular weight is 511 g/mol. The van der Waals surface area contributed by atoms with Gasteiger partial charge in [0, 0.05) is 38.9 Å². The van der Waals surface area contributed by atoms with E-state index in [2.05, 4.69) is 15.3 Å². The number of carbonyl (C=O) groups is 2. The van der Waals surface area contributed by atoms with E-state index in [0.29, 0.717) is 44.6 Å². The number of nitrogens with zero attached hydrogens (tertiary/aromatic N) is 4. The zero-order valence-corrected chi connectivity index (χ0v) is 19.7. The van der Waals surface area contributed by atoms with Gasteiger partial charge in [0.1, 0.15) is 11.9 Å². The summed E-state index contributed by atoms with van der Waals surface area (Å²) in [5, 5.41) is 8.89. The van der Waals surface area contributed by atoms with Gasteiger partial charge in [0.15, 0.2) is 5.92 Å². The molecule has 3 aliphatic rings. The topological polar surface area (TPSA) is 120 Å². The maximum absolute atomic E-state index is 13.4. The first-order valence-electron chi connectivity index (χ1n) is 12.0. The Hall–Kier alpha value is -2.95. The number of hydrogen-bond acceptors (Lipinski definition) is 8. The number of aromatic nitrogens is 1. The van der Waals surface area contributed by atoms with Gasteiger partial charge in [-0.3, -0.25) is 15.0 Å². The second kappa shape index (κ2) is 11.4. The number of amides is 2. The molecule has 0 radical (unpaired) electrons. The molecule has 3 fully saturated rings. The van der Waals surface area contributed by atoms with Crippen LogP contribution in [0.15, 0.2) is 18.3 Å². The minimum absolute atomic E-state index is 0.0526. The maximum atomic E-state index is 13.4. The van der Waals surface area contributed by atoms with Crippen molar-refractivity contribution in [3.63, 3.8) is 0 Å². The highest BCUT2D eigenvalue weighted by Gasteiger charge is 2.53. The molecule has 0 bridgehead atoms. The Morgan fingerprint density at radius 3 is 2.58 bits per heavy atom. The van der Waals surface area contributed by atoms with Gasteiger partial charge in [0.2, 0.25) is 11.8 Å². The summed E-state index contributed by atoms with van der Waals surface area (Å²) in [6.07, 6.45) is -3.45. The summed E-state index contributed by atoms with van der Waals surface area (Å²) in [5.41, 5.74) is 4.96. The summed E-state index contributed by atoms with van der Waals surface area (Å²) in [4.78, 5) is 32.5. The van der Waals surface area contributed by atoms with Crippen molar-refractivity contribution in [2.45, 2.75) is 50.2 Å². The number of pyridine rings is 1. The Morgan fingerprint density at radius 2 is 1.92 bits per heavy atom. The van der Waals surface area contributed by atoms with Gasteiger partial charge in [0.05, 0.1) is 36.9 Å².